The summed E-state index contributed by atoms with van der Waals surface area (Å²) in [6.45, 7) is 15.0. The number of ether oxygens (including phenoxy) is 4. The van der Waals surface area contributed by atoms with Crippen LogP contribution in [0.2, 0.25) is 18.1 Å². The van der Waals surface area contributed by atoms with Crippen LogP contribution in [0.1, 0.15) is 69.4 Å². The van der Waals surface area contributed by atoms with Crippen LogP contribution in [0.5, 0.6) is 23.0 Å². The number of benzene rings is 2. The van der Waals surface area contributed by atoms with Crippen molar-refractivity contribution < 1.29 is 28.5 Å². The monoisotopic (exact) mass is 488 g/mol. The highest BCUT2D eigenvalue weighted by Crippen LogP contribution is 2.52. The van der Waals surface area contributed by atoms with E-state index in [2.05, 4.69) is 52.9 Å². The van der Waals surface area contributed by atoms with E-state index in [1.807, 2.05) is 18.2 Å². The number of fused-ring (bicyclic) bond motifs is 1. The van der Waals surface area contributed by atoms with Crippen molar-refractivity contribution in [3.63, 3.8) is 0 Å². The van der Waals surface area contributed by atoms with E-state index in [0.29, 0.717) is 11.5 Å². The van der Waals surface area contributed by atoms with Gasteiger partial charge in [-0.3, -0.25) is 0 Å². The molecule has 1 heterocycles. The second-order valence-electron chi connectivity index (χ2n) is 10.6. The summed E-state index contributed by atoms with van der Waals surface area (Å²) >= 11 is 0. The Bertz CT molecular complexity index is 1010. The molecular formula is C27H40O6Si. The summed E-state index contributed by atoms with van der Waals surface area (Å²) in [6, 6.07) is 9.99. The maximum Gasteiger partial charge on any atom is 0.250 e. The molecule has 0 amide bonds. The molecule has 0 saturated heterocycles. The van der Waals surface area contributed by atoms with Crippen LogP contribution in [-0.4, -0.2) is 40.9 Å². The smallest absolute Gasteiger partial charge is 0.250 e. The van der Waals surface area contributed by atoms with Crippen LogP contribution in [0, 0.1) is 0 Å². The molecule has 1 aliphatic rings. The molecular weight excluding hydrogens is 448 g/mol. The van der Waals surface area contributed by atoms with Gasteiger partial charge in [-0.05, 0) is 60.4 Å². The van der Waals surface area contributed by atoms with Crippen molar-refractivity contribution in [2.24, 2.45) is 0 Å². The van der Waals surface area contributed by atoms with Gasteiger partial charge >= 0.3 is 0 Å². The van der Waals surface area contributed by atoms with Crippen molar-refractivity contribution in [3.05, 3.63) is 47.0 Å². The Balaban J connectivity index is 1.96. The van der Waals surface area contributed by atoms with E-state index < -0.39 is 20.5 Å². The van der Waals surface area contributed by atoms with Crippen LogP contribution in [0.4, 0.5) is 0 Å². The Hall–Kier alpha value is -2.22. The van der Waals surface area contributed by atoms with Gasteiger partial charge in [0, 0.05) is 18.6 Å². The maximum atomic E-state index is 10.2. The summed E-state index contributed by atoms with van der Waals surface area (Å²) in [5.74, 6) is 2.89. The van der Waals surface area contributed by atoms with Gasteiger partial charge in [-0.2, -0.15) is 0 Å². The SMILES string of the molecule is COc1cc([C@H]2Oc3c(OC)cc(C(OC)C(C)O)cc3[C@@H]2C)ccc1O[Si](C)(C)C(C)(C)C. The minimum absolute atomic E-state index is 0.0622. The second-order valence-corrected chi connectivity index (χ2v) is 15.4. The Morgan fingerprint density at radius 1 is 0.971 bits per heavy atom. The molecule has 0 aromatic heterocycles. The van der Waals surface area contributed by atoms with E-state index >= 15 is 0 Å². The lowest BCUT2D eigenvalue weighted by Gasteiger charge is -2.36. The van der Waals surface area contributed by atoms with Crippen LogP contribution in [-0.2, 0) is 4.74 Å². The number of hydrogen-bond donors (Lipinski definition) is 1. The van der Waals surface area contributed by atoms with Gasteiger partial charge in [-0.25, -0.2) is 0 Å². The minimum Gasteiger partial charge on any atom is -0.541 e. The third-order valence-electron chi connectivity index (χ3n) is 7.22. The predicted molar refractivity (Wildman–Crippen MR) is 137 cm³/mol. The first-order valence-corrected chi connectivity index (χ1v) is 14.7. The average Bonchev–Trinajstić information content (AvgIpc) is 3.09. The van der Waals surface area contributed by atoms with E-state index in [-0.39, 0.29) is 17.1 Å². The largest absolute Gasteiger partial charge is 0.541 e. The highest BCUT2D eigenvalue weighted by molar-refractivity contribution is 6.74. The lowest BCUT2D eigenvalue weighted by Crippen LogP contribution is -2.43. The normalized spacial score (nSPS) is 19.7. The van der Waals surface area contributed by atoms with Gasteiger partial charge in [-0.15, -0.1) is 0 Å². The fourth-order valence-electron chi connectivity index (χ4n) is 4.16. The number of methoxy groups -OCH3 is 3. The molecule has 188 valence electrons. The molecule has 0 bridgehead atoms. The maximum absolute atomic E-state index is 10.2. The van der Waals surface area contributed by atoms with Gasteiger partial charge in [0.05, 0.1) is 20.3 Å². The van der Waals surface area contributed by atoms with Gasteiger partial charge in [0.25, 0.3) is 8.32 Å². The summed E-state index contributed by atoms with van der Waals surface area (Å²) in [7, 11) is 2.88. The van der Waals surface area contributed by atoms with Crippen molar-refractivity contribution in [2.45, 2.75) is 77.0 Å². The van der Waals surface area contributed by atoms with E-state index in [9.17, 15) is 5.11 Å². The zero-order chi connectivity index (χ0) is 25.4. The average molecular weight is 489 g/mol. The summed E-state index contributed by atoms with van der Waals surface area (Å²) in [5.41, 5.74) is 2.90. The van der Waals surface area contributed by atoms with E-state index in [1.54, 1.807) is 28.3 Å². The summed E-state index contributed by atoms with van der Waals surface area (Å²) in [5, 5.41) is 10.3. The van der Waals surface area contributed by atoms with Crippen molar-refractivity contribution in [3.8, 4) is 23.0 Å². The molecule has 2 aromatic carbocycles. The molecule has 4 atom stereocenters. The van der Waals surface area contributed by atoms with E-state index in [4.69, 9.17) is 23.4 Å². The molecule has 2 unspecified atom stereocenters. The number of hydrogen-bond acceptors (Lipinski definition) is 6. The first-order valence-electron chi connectivity index (χ1n) is 11.8. The van der Waals surface area contributed by atoms with Crippen molar-refractivity contribution in [1.82, 2.24) is 0 Å². The second kappa shape index (κ2) is 9.80. The molecule has 1 N–H and O–H groups in total. The van der Waals surface area contributed by atoms with Crippen LogP contribution < -0.4 is 18.6 Å². The molecule has 3 rings (SSSR count). The first-order chi connectivity index (χ1) is 15.8. The van der Waals surface area contributed by atoms with E-state index in [1.165, 1.54) is 0 Å². The van der Waals surface area contributed by atoms with Crippen molar-refractivity contribution >= 4 is 8.32 Å². The first kappa shape index (κ1) is 26.4. The Labute approximate surface area is 205 Å². The third kappa shape index (κ3) is 4.92. The topological polar surface area (TPSA) is 66.4 Å². The number of aliphatic hydroxyl groups is 1. The highest BCUT2D eigenvalue weighted by Gasteiger charge is 2.40. The molecule has 1 aliphatic heterocycles. The van der Waals surface area contributed by atoms with Crippen LogP contribution in [0.15, 0.2) is 30.3 Å². The molecule has 0 radical (unpaired) electrons. The molecule has 2 aromatic rings. The molecule has 0 spiro atoms. The lowest BCUT2D eigenvalue weighted by atomic mass is 9.90. The minimum atomic E-state index is -2.01. The number of rotatable bonds is 8. The van der Waals surface area contributed by atoms with Gasteiger partial charge in [0.1, 0.15) is 18.0 Å². The zero-order valence-corrected chi connectivity index (χ0v) is 23.2. The van der Waals surface area contributed by atoms with E-state index in [0.717, 1.165) is 28.2 Å². The zero-order valence-electron chi connectivity index (χ0n) is 22.2. The highest BCUT2D eigenvalue weighted by atomic mass is 28.4. The fraction of sp³-hybridized carbons (Fsp3) is 0.556. The van der Waals surface area contributed by atoms with Crippen LogP contribution >= 0.6 is 0 Å². The summed E-state index contributed by atoms with van der Waals surface area (Å²) in [4.78, 5) is 0. The Morgan fingerprint density at radius 2 is 1.62 bits per heavy atom. The third-order valence-corrected chi connectivity index (χ3v) is 11.6. The van der Waals surface area contributed by atoms with Crippen LogP contribution in [0.3, 0.4) is 0 Å². The molecule has 7 heteroatoms. The van der Waals surface area contributed by atoms with Gasteiger partial charge < -0.3 is 28.5 Å². The van der Waals surface area contributed by atoms with Crippen molar-refractivity contribution in [1.29, 1.82) is 0 Å². The quantitative estimate of drug-likeness (QED) is 0.434. The Morgan fingerprint density at radius 3 is 2.15 bits per heavy atom. The van der Waals surface area contributed by atoms with Crippen molar-refractivity contribution in [2.75, 3.05) is 21.3 Å². The molecule has 0 aliphatic carbocycles. The number of aliphatic hydroxyl groups excluding tert-OH is 1. The molecule has 34 heavy (non-hydrogen) atoms. The standard InChI is InChI=1S/C27H40O6Si/c1-16-20-13-19(25(31-8)17(2)28)15-23(30-7)26(20)32-24(16)18-11-12-21(22(14-18)29-6)33-34(9,10)27(3,4)5/h11-17,24-25,28H,1-10H3/t16-,17?,24-,25?/m0/s1. The molecule has 0 fully saturated rings. The fourth-order valence-corrected chi connectivity index (χ4v) is 5.18. The summed E-state index contributed by atoms with van der Waals surface area (Å²) < 4.78 is 29.9. The Kier molecular flexibility index (Phi) is 7.60. The van der Waals surface area contributed by atoms with Gasteiger partial charge in [0.15, 0.2) is 17.2 Å². The molecule has 6 nitrogen and oxygen atoms in total. The van der Waals surface area contributed by atoms with Gasteiger partial charge in [-0.1, -0.05) is 33.8 Å². The molecule has 0 saturated carbocycles. The van der Waals surface area contributed by atoms with Gasteiger partial charge in [0.2, 0.25) is 0 Å². The predicted octanol–water partition coefficient (Wildman–Crippen LogP) is 6.39. The van der Waals surface area contributed by atoms with Crippen LogP contribution in [0.25, 0.3) is 0 Å². The summed E-state index contributed by atoms with van der Waals surface area (Å²) in [6.07, 6.45) is -1.31. The lowest BCUT2D eigenvalue weighted by molar-refractivity contribution is -0.00361.